The van der Waals surface area contributed by atoms with E-state index in [1.54, 1.807) is 0 Å². The maximum atomic E-state index is 5.89. The molecule has 1 fully saturated rings. The Kier molecular flexibility index (Phi) is 4.33. The summed E-state index contributed by atoms with van der Waals surface area (Å²) >= 11 is 3.51. The fourth-order valence-corrected chi connectivity index (χ4v) is 3.57. The van der Waals surface area contributed by atoms with Crippen molar-refractivity contribution in [3.8, 4) is 0 Å². The number of benzene rings is 1. The Morgan fingerprint density at radius 1 is 1.28 bits per heavy atom. The molecule has 3 heteroatoms. The molecule has 1 heterocycles. The number of hydrogen-bond donors (Lipinski definition) is 1. The fourth-order valence-electron chi connectivity index (χ4n) is 3.01. The highest BCUT2D eigenvalue weighted by Gasteiger charge is 2.34. The molecule has 2 rings (SSSR count). The first-order valence-corrected chi connectivity index (χ1v) is 7.63. The molecule has 1 aliphatic rings. The van der Waals surface area contributed by atoms with Crippen LogP contribution in [-0.2, 0) is 6.54 Å². The van der Waals surface area contributed by atoms with Crippen molar-refractivity contribution in [3.05, 3.63) is 28.2 Å². The Hall–Kier alpha value is -0.540. The molecule has 0 saturated carbocycles. The van der Waals surface area contributed by atoms with Crippen molar-refractivity contribution in [2.75, 3.05) is 18.8 Å². The smallest absolute Gasteiger partial charge is 0.0328 e. The molecular weight excluding hydrogens is 288 g/mol. The summed E-state index contributed by atoms with van der Waals surface area (Å²) in [4.78, 5) is 2.56. The number of nitrogens with zero attached hydrogens (tertiary/aromatic N) is 1. The van der Waals surface area contributed by atoms with Gasteiger partial charge in [-0.15, -0.1) is 0 Å². The number of likely N-dealkylation sites (tertiary alicyclic amines) is 1. The fraction of sp³-hybridized carbons (Fsp3) is 0.600. The third-order valence-electron chi connectivity index (χ3n) is 4.40. The molecule has 100 valence electrons. The zero-order valence-electron chi connectivity index (χ0n) is 11.4. The molecule has 1 aromatic carbocycles. The second-order valence-electron chi connectivity index (χ2n) is 5.56. The highest BCUT2D eigenvalue weighted by atomic mass is 79.9. The summed E-state index contributed by atoms with van der Waals surface area (Å²) in [6.07, 6.45) is 3.92. The average Bonchev–Trinajstić information content (AvgIpc) is 2.72. The minimum atomic E-state index is 0.553. The number of nitrogens with two attached hydrogens (primary N) is 1. The van der Waals surface area contributed by atoms with Gasteiger partial charge in [0.05, 0.1) is 0 Å². The predicted molar refractivity (Wildman–Crippen MR) is 81.5 cm³/mol. The molecule has 0 spiro atoms. The van der Waals surface area contributed by atoms with E-state index < -0.39 is 0 Å². The van der Waals surface area contributed by atoms with Gasteiger partial charge >= 0.3 is 0 Å². The molecule has 2 N–H and O–H groups in total. The van der Waals surface area contributed by atoms with Crippen molar-refractivity contribution in [2.45, 2.75) is 39.7 Å². The lowest BCUT2D eigenvalue weighted by Crippen LogP contribution is -2.26. The number of anilines is 1. The van der Waals surface area contributed by atoms with Gasteiger partial charge in [0.15, 0.2) is 0 Å². The van der Waals surface area contributed by atoms with Crippen molar-refractivity contribution in [3.63, 3.8) is 0 Å². The van der Waals surface area contributed by atoms with E-state index in [9.17, 15) is 0 Å². The largest absolute Gasteiger partial charge is 0.399 e. The quantitative estimate of drug-likeness (QED) is 0.850. The topological polar surface area (TPSA) is 29.3 Å². The molecule has 1 aromatic rings. The van der Waals surface area contributed by atoms with Crippen LogP contribution in [0.3, 0.4) is 0 Å². The van der Waals surface area contributed by atoms with Gasteiger partial charge in [-0.3, -0.25) is 4.90 Å². The standard InChI is InChI=1S/C15H23BrN2/c1-3-15(4-2)5-6-18(11-15)10-12-7-13(16)9-14(17)8-12/h7-9H,3-6,10-11,17H2,1-2H3. The van der Waals surface area contributed by atoms with Crippen LogP contribution in [0.4, 0.5) is 5.69 Å². The van der Waals surface area contributed by atoms with Crippen LogP contribution in [0, 0.1) is 5.41 Å². The first-order valence-electron chi connectivity index (χ1n) is 6.84. The van der Waals surface area contributed by atoms with Gasteiger partial charge in [-0.25, -0.2) is 0 Å². The van der Waals surface area contributed by atoms with Gasteiger partial charge < -0.3 is 5.73 Å². The lowest BCUT2D eigenvalue weighted by Gasteiger charge is -2.26. The minimum Gasteiger partial charge on any atom is -0.399 e. The molecule has 0 bridgehead atoms. The Labute approximate surface area is 119 Å². The maximum absolute atomic E-state index is 5.89. The Bertz CT molecular complexity index is 393. The van der Waals surface area contributed by atoms with Crippen LogP contribution in [0.5, 0.6) is 0 Å². The monoisotopic (exact) mass is 310 g/mol. The van der Waals surface area contributed by atoms with E-state index in [-0.39, 0.29) is 0 Å². The van der Waals surface area contributed by atoms with Gasteiger partial charge in [-0.2, -0.15) is 0 Å². The second-order valence-corrected chi connectivity index (χ2v) is 6.48. The molecule has 0 aliphatic carbocycles. The van der Waals surface area contributed by atoms with E-state index in [0.29, 0.717) is 5.41 Å². The van der Waals surface area contributed by atoms with Gasteiger partial charge in [0.2, 0.25) is 0 Å². The summed E-state index contributed by atoms with van der Waals surface area (Å²) in [6.45, 7) is 8.11. The summed E-state index contributed by atoms with van der Waals surface area (Å²) < 4.78 is 1.08. The summed E-state index contributed by atoms with van der Waals surface area (Å²) in [5.74, 6) is 0. The highest BCUT2D eigenvalue weighted by Crippen LogP contribution is 2.37. The van der Waals surface area contributed by atoms with E-state index in [2.05, 4.69) is 46.8 Å². The molecular formula is C15H23BrN2. The molecule has 0 aromatic heterocycles. The molecule has 0 amide bonds. The van der Waals surface area contributed by atoms with E-state index in [1.165, 1.54) is 37.9 Å². The van der Waals surface area contributed by atoms with Crippen molar-refractivity contribution in [1.29, 1.82) is 0 Å². The zero-order valence-corrected chi connectivity index (χ0v) is 13.0. The van der Waals surface area contributed by atoms with E-state index in [1.807, 2.05) is 6.07 Å². The van der Waals surface area contributed by atoms with Gasteiger partial charge in [0, 0.05) is 23.2 Å². The van der Waals surface area contributed by atoms with Crippen LogP contribution in [0.15, 0.2) is 22.7 Å². The van der Waals surface area contributed by atoms with E-state index in [0.717, 1.165) is 16.7 Å². The summed E-state index contributed by atoms with van der Waals surface area (Å²) in [5, 5.41) is 0. The normalized spacial score (nSPS) is 19.3. The van der Waals surface area contributed by atoms with Crippen molar-refractivity contribution >= 4 is 21.6 Å². The van der Waals surface area contributed by atoms with Gasteiger partial charge in [-0.05, 0) is 55.0 Å². The second kappa shape index (κ2) is 5.62. The number of nitrogen functional groups attached to an aromatic ring is 1. The van der Waals surface area contributed by atoms with Crippen LogP contribution in [-0.4, -0.2) is 18.0 Å². The van der Waals surface area contributed by atoms with Crippen molar-refractivity contribution in [2.24, 2.45) is 5.41 Å². The van der Waals surface area contributed by atoms with Crippen LogP contribution in [0.1, 0.15) is 38.7 Å². The third kappa shape index (κ3) is 3.07. The number of rotatable bonds is 4. The number of hydrogen-bond acceptors (Lipinski definition) is 2. The minimum absolute atomic E-state index is 0.553. The molecule has 0 unspecified atom stereocenters. The summed E-state index contributed by atoms with van der Waals surface area (Å²) in [5.41, 5.74) is 8.60. The Morgan fingerprint density at radius 3 is 2.56 bits per heavy atom. The van der Waals surface area contributed by atoms with E-state index in [4.69, 9.17) is 5.73 Å². The summed E-state index contributed by atoms with van der Waals surface area (Å²) in [7, 11) is 0. The van der Waals surface area contributed by atoms with Gasteiger partial charge in [0.25, 0.3) is 0 Å². The van der Waals surface area contributed by atoms with Crippen LogP contribution >= 0.6 is 15.9 Å². The molecule has 1 aliphatic heterocycles. The Balaban J connectivity index is 2.03. The van der Waals surface area contributed by atoms with Gasteiger partial charge in [0.1, 0.15) is 0 Å². The zero-order chi connectivity index (χ0) is 13.2. The highest BCUT2D eigenvalue weighted by molar-refractivity contribution is 9.10. The maximum Gasteiger partial charge on any atom is 0.0328 e. The molecule has 0 radical (unpaired) electrons. The predicted octanol–water partition coefficient (Wildman–Crippen LogP) is 4.04. The van der Waals surface area contributed by atoms with Crippen LogP contribution in [0.25, 0.3) is 0 Å². The number of halogens is 1. The first kappa shape index (κ1) is 13.9. The lowest BCUT2D eigenvalue weighted by atomic mass is 9.82. The van der Waals surface area contributed by atoms with Crippen molar-refractivity contribution < 1.29 is 0 Å². The molecule has 0 atom stereocenters. The third-order valence-corrected chi connectivity index (χ3v) is 4.86. The van der Waals surface area contributed by atoms with Crippen LogP contribution in [0.2, 0.25) is 0 Å². The lowest BCUT2D eigenvalue weighted by molar-refractivity contribution is 0.236. The first-order chi connectivity index (χ1) is 8.57. The summed E-state index contributed by atoms with van der Waals surface area (Å²) in [6, 6.07) is 6.22. The van der Waals surface area contributed by atoms with E-state index >= 15 is 0 Å². The molecule has 2 nitrogen and oxygen atoms in total. The average molecular weight is 311 g/mol. The van der Waals surface area contributed by atoms with Crippen LogP contribution < -0.4 is 5.73 Å². The van der Waals surface area contributed by atoms with Gasteiger partial charge in [-0.1, -0.05) is 29.8 Å². The Morgan fingerprint density at radius 2 is 2.00 bits per heavy atom. The molecule has 1 saturated heterocycles. The molecule has 18 heavy (non-hydrogen) atoms. The SMILES string of the molecule is CCC1(CC)CCN(Cc2cc(N)cc(Br)c2)C1. The van der Waals surface area contributed by atoms with Crippen molar-refractivity contribution in [1.82, 2.24) is 4.90 Å².